The Morgan fingerprint density at radius 1 is 0.919 bits per heavy atom. The molecule has 7 nitrogen and oxygen atoms in total. The van der Waals surface area contributed by atoms with Gasteiger partial charge in [-0.1, -0.05) is 24.3 Å². The van der Waals surface area contributed by atoms with Crippen LogP contribution >= 0.6 is 0 Å². The molecule has 0 bridgehead atoms. The lowest BCUT2D eigenvalue weighted by atomic mass is 10.0. The van der Waals surface area contributed by atoms with Crippen molar-refractivity contribution in [3.05, 3.63) is 89.5 Å². The second-order valence-corrected chi connectivity index (χ2v) is 8.29. The molecule has 0 radical (unpaired) electrons. The average Bonchev–Trinajstić information content (AvgIpc) is 2.90. The summed E-state index contributed by atoms with van der Waals surface area (Å²) < 4.78 is 48.9. The minimum atomic E-state index is -4.52. The van der Waals surface area contributed by atoms with Crippen LogP contribution < -0.4 is 15.0 Å². The number of ether oxygens (including phenoxy) is 2. The number of alkyl halides is 3. The first-order valence-corrected chi connectivity index (χ1v) is 11.5. The van der Waals surface area contributed by atoms with E-state index in [1.165, 1.54) is 36.4 Å². The summed E-state index contributed by atoms with van der Waals surface area (Å²) in [5, 5.41) is 2.34. The quantitative estimate of drug-likeness (QED) is 0.457. The van der Waals surface area contributed by atoms with Gasteiger partial charge in [-0.15, -0.1) is 0 Å². The highest BCUT2D eigenvalue weighted by Crippen LogP contribution is 2.30. The zero-order valence-corrected chi connectivity index (χ0v) is 19.6. The molecule has 0 saturated carbocycles. The Kier molecular flexibility index (Phi) is 7.76. The van der Waals surface area contributed by atoms with Crippen molar-refractivity contribution in [1.82, 2.24) is 0 Å². The molecule has 37 heavy (non-hydrogen) atoms. The summed E-state index contributed by atoms with van der Waals surface area (Å²) in [5.74, 6) is -1.39. The standard InChI is InChI=1S/C27H23F3N2O5/c28-27(29,30)20-7-3-8-21(15-20)31-24(33)16-36-22-12-10-19(11-13-22)26(35)37-17-25(34)32-14-4-6-18-5-1-2-9-23(18)32/h1-3,5,7-13,15H,4,6,14,16-17H2,(H,31,33). The number of nitrogens with one attached hydrogen (secondary N) is 1. The van der Waals surface area contributed by atoms with Crippen molar-refractivity contribution in [3.63, 3.8) is 0 Å². The summed E-state index contributed by atoms with van der Waals surface area (Å²) in [6, 6.07) is 17.6. The van der Waals surface area contributed by atoms with E-state index < -0.39 is 36.8 Å². The highest BCUT2D eigenvalue weighted by Gasteiger charge is 2.30. The monoisotopic (exact) mass is 512 g/mol. The Morgan fingerprint density at radius 3 is 2.43 bits per heavy atom. The van der Waals surface area contributed by atoms with E-state index in [1.807, 2.05) is 24.3 Å². The summed E-state index contributed by atoms with van der Waals surface area (Å²) in [4.78, 5) is 38.7. The van der Waals surface area contributed by atoms with Gasteiger partial charge in [0.15, 0.2) is 13.2 Å². The van der Waals surface area contributed by atoms with Crippen LogP contribution in [-0.4, -0.2) is 37.5 Å². The second kappa shape index (κ2) is 11.2. The average molecular weight is 512 g/mol. The van der Waals surface area contributed by atoms with E-state index >= 15 is 0 Å². The van der Waals surface area contributed by atoms with Crippen molar-refractivity contribution in [2.75, 3.05) is 30.0 Å². The maximum Gasteiger partial charge on any atom is 0.416 e. The number of esters is 1. The minimum absolute atomic E-state index is 0.0101. The number of carbonyl (C=O) groups is 3. The smallest absolute Gasteiger partial charge is 0.416 e. The molecule has 2 amide bonds. The van der Waals surface area contributed by atoms with Gasteiger partial charge in [0.25, 0.3) is 11.8 Å². The van der Waals surface area contributed by atoms with Crippen LogP contribution in [0.3, 0.4) is 0 Å². The lowest BCUT2D eigenvalue weighted by Gasteiger charge is -2.29. The second-order valence-electron chi connectivity index (χ2n) is 8.29. The van der Waals surface area contributed by atoms with E-state index in [0.717, 1.165) is 36.2 Å². The normalized spacial score (nSPS) is 12.9. The van der Waals surface area contributed by atoms with Crippen molar-refractivity contribution in [2.24, 2.45) is 0 Å². The molecule has 1 aliphatic heterocycles. The summed E-state index contributed by atoms with van der Waals surface area (Å²) in [6.07, 6.45) is -2.80. The van der Waals surface area contributed by atoms with E-state index in [9.17, 15) is 27.6 Å². The van der Waals surface area contributed by atoms with E-state index in [-0.39, 0.29) is 22.9 Å². The number of aryl methyl sites for hydroxylation is 1. The molecule has 3 aromatic carbocycles. The molecule has 1 N–H and O–H groups in total. The Labute approximate surface area is 210 Å². The number of anilines is 2. The molecule has 10 heteroatoms. The molecular weight excluding hydrogens is 489 g/mol. The van der Waals surface area contributed by atoms with Crippen molar-refractivity contribution >= 4 is 29.2 Å². The highest BCUT2D eigenvalue weighted by atomic mass is 19.4. The van der Waals surface area contributed by atoms with E-state index in [4.69, 9.17) is 9.47 Å². The SMILES string of the molecule is O=C(COc1ccc(C(=O)OCC(=O)N2CCCc3ccccc32)cc1)Nc1cccc(C(F)(F)F)c1. The molecule has 0 unspecified atom stereocenters. The number of para-hydroxylation sites is 1. The van der Waals surface area contributed by atoms with E-state index in [0.29, 0.717) is 6.54 Å². The van der Waals surface area contributed by atoms with Crippen LogP contribution in [-0.2, 0) is 26.9 Å². The fourth-order valence-corrected chi connectivity index (χ4v) is 3.89. The fourth-order valence-electron chi connectivity index (χ4n) is 3.89. The van der Waals surface area contributed by atoms with Crippen molar-refractivity contribution < 1.29 is 37.0 Å². The number of nitrogens with zero attached hydrogens (tertiary/aromatic N) is 1. The van der Waals surface area contributed by atoms with Crippen molar-refractivity contribution in [3.8, 4) is 5.75 Å². The molecule has 0 atom stereocenters. The van der Waals surface area contributed by atoms with Gasteiger partial charge in [-0.05, 0) is 66.9 Å². The Balaban J connectivity index is 1.25. The zero-order valence-electron chi connectivity index (χ0n) is 19.6. The summed E-state index contributed by atoms with van der Waals surface area (Å²) in [6.45, 7) is -0.298. The van der Waals surface area contributed by atoms with Crippen molar-refractivity contribution in [1.29, 1.82) is 0 Å². The summed E-state index contributed by atoms with van der Waals surface area (Å²) in [7, 11) is 0. The maximum absolute atomic E-state index is 12.8. The number of rotatable bonds is 7. The number of hydrogen-bond acceptors (Lipinski definition) is 5. The Bertz CT molecular complexity index is 1290. The number of amides is 2. The first-order chi connectivity index (χ1) is 17.7. The predicted octanol–water partition coefficient (Wildman–Crippen LogP) is 4.86. The van der Waals surface area contributed by atoms with Crippen LogP contribution in [0.15, 0.2) is 72.8 Å². The van der Waals surface area contributed by atoms with Crippen LogP contribution in [0.2, 0.25) is 0 Å². The van der Waals surface area contributed by atoms with E-state index in [2.05, 4.69) is 5.32 Å². The third-order valence-corrected chi connectivity index (χ3v) is 5.67. The maximum atomic E-state index is 12.8. The number of carbonyl (C=O) groups excluding carboxylic acids is 3. The molecular formula is C27H23F3N2O5. The van der Waals surface area contributed by atoms with Crippen LogP contribution in [0, 0.1) is 0 Å². The molecule has 4 rings (SSSR count). The van der Waals surface area contributed by atoms with Gasteiger partial charge in [0.1, 0.15) is 5.75 Å². The van der Waals surface area contributed by atoms with Gasteiger partial charge in [0, 0.05) is 17.9 Å². The molecule has 0 fully saturated rings. The van der Waals surface area contributed by atoms with Crippen LogP contribution in [0.4, 0.5) is 24.5 Å². The first-order valence-electron chi connectivity index (χ1n) is 11.5. The van der Waals surface area contributed by atoms with Gasteiger partial charge in [-0.2, -0.15) is 13.2 Å². The third kappa shape index (κ3) is 6.66. The lowest BCUT2D eigenvalue weighted by Crippen LogP contribution is -2.38. The lowest BCUT2D eigenvalue weighted by molar-refractivity contribution is -0.137. The molecule has 1 aliphatic rings. The number of benzene rings is 3. The van der Waals surface area contributed by atoms with Gasteiger partial charge in [0.05, 0.1) is 11.1 Å². The van der Waals surface area contributed by atoms with Gasteiger partial charge in [-0.3, -0.25) is 9.59 Å². The highest BCUT2D eigenvalue weighted by molar-refractivity contribution is 5.98. The molecule has 0 spiro atoms. The first kappa shape index (κ1) is 25.7. The largest absolute Gasteiger partial charge is 0.484 e. The number of hydrogen-bond donors (Lipinski definition) is 1. The molecule has 0 saturated heterocycles. The van der Waals surface area contributed by atoms with Crippen LogP contribution in [0.1, 0.15) is 27.9 Å². The van der Waals surface area contributed by atoms with Crippen molar-refractivity contribution in [2.45, 2.75) is 19.0 Å². The molecule has 0 aromatic heterocycles. The molecule has 3 aromatic rings. The van der Waals surface area contributed by atoms with Crippen LogP contribution in [0.5, 0.6) is 5.75 Å². The minimum Gasteiger partial charge on any atom is -0.484 e. The fraction of sp³-hybridized carbons (Fsp3) is 0.222. The predicted molar refractivity (Wildman–Crippen MR) is 129 cm³/mol. The van der Waals surface area contributed by atoms with Gasteiger partial charge in [0.2, 0.25) is 0 Å². The van der Waals surface area contributed by atoms with E-state index in [1.54, 1.807) is 4.90 Å². The Morgan fingerprint density at radius 2 is 1.68 bits per heavy atom. The Hall–Kier alpha value is -4.34. The topological polar surface area (TPSA) is 84.9 Å². The molecule has 192 valence electrons. The third-order valence-electron chi connectivity index (χ3n) is 5.67. The number of halogens is 3. The summed E-state index contributed by atoms with van der Waals surface area (Å²) in [5.41, 5.74) is 1.20. The molecule has 1 heterocycles. The van der Waals surface area contributed by atoms with Gasteiger partial charge < -0.3 is 19.7 Å². The van der Waals surface area contributed by atoms with Crippen LogP contribution in [0.25, 0.3) is 0 Å². The zero-order chi connectivity index (χ0) is 26.4. The van der Waals surface area contributed by atoms with Gasteiger partial charge >= 0.3 is 12.1 Å². The van der Waals surface area contributed by atoms with Gasteiger partial charge in [-0.25, -0.2) is 4.79 Å². The number of fused-ring (bicyclic) bond motifs is 1. The molecule has 0 aliphatic carbocycles. The summed E-state index contributed by atoms with van der Waals surface area (Å²) >= 11 is 0.